The maximum atomic E-state index is 12.2. The highest BCUT2D eigenvalue weighted by atomic mass is 16.2. The van der Waals surface area contributed by atoms with Crippen molar-refractivity contribution >= 4 is 11.6 Å². The largest absolute Gasteiger partial charge is 0.273 e. The van der Waals surface area contributed by atoms with E-state index >= 15 is 0 Å². The Labute approximate surface area is 147 Å². The van der Waals surface area contributed by atoms with Gasteiger partial charge in [-0.05, 0) is 24.1 Å². The van der Waals surface area contributed by atoms with Gasteiger partial charge in [0.15, 0.2) is 0 Å². The maximum Gasteiger partial charge on any atom is 0.240 e. The molecule has 1 amide bonds. The Hall–Kier alpha value is -3.27. The molecule has 0 bridgehead atoms. The van der Waals surface area contributed by atoms with Gasteiger partial charge in [0.1, 0.15) is 0 Å². The molecule has 2 aromatic carbocycles. The second-order valence-corrected chi connectivity index (χ2v) is 5.58. The molecule has 3 rings (SSSR count). The Kier molecular flexibility index (Phi) is 5.67. The Bertz CT molecular complexity index is 789. The number of hydrazone groups is 1. The van der Waals surface area contributed by atoms with Crippen molar-refractivity contribution in [3.05, 3.63) is 102 Å². The van der Waals surface area contributed by atoms with Gasteiger partial charge in [-0.3, -0.25) is 9.78 Å². The van der Waals surface area contributed by atoms with E-state index in [0.717, 1.165) is 22.4 Å². The number of nitrogens with one attached hydrogen (secondary N) is 1. The fourth-order valence-electron chi connectivity index (χ4n) is 2.48. The number of hydrogen-bond donors (Lipinski definition) is 1. The first-order chi connectivity index (χ1) is 12.3. The molecule has 25 heavy (non-hydrogen) atoms. The van der Waals surface area contributed by atoms with Crippen LogP contribution in [0.2, 0.25) is 0 Å². The molecule has 0 unspecified atom stereocenters. The van der Waals surface area contributed by atoms with Crippen LogP contribution in [0.25, 0.3) is 0 Å². The predicted octanol–water partition coefficient (Wildman–Crippen LogP) is 3.58. The molecule has 0 saturated heterocycles. The highest BCUT2D eigenvalue weighted by molar-refractivity contribution is 6.13. The molecule has 0 aliphatic heterocycles. The van der Waals surface area contributed by atoms with Crippen molar-refractivity contribution in [3.63, 3.8) is 0 Å². The van der Waals surface area contributed by atoms with Crippen molar-refractivity contribution in [3.8, 4) is 0 Å². The molecule has 3 aromatic rings. The molecule has 0 atom stereocenters. The Morgan fingerprint density at radius 1 is 0.840 bits per heavy atom. The lowest BCUT2D eigenvalue weighted by molar-refractivity contribution is -0.121. The van der Waals surface area contributed by atoms with Crippen LogP contribution in [-0.4, -0.2) is 16.6 Å². The number of rotatable bonds is 6. The van der Waals surface area contributed by atoms with Crippen LogP contribution in [0, 0.1) is 0 Å². The van der Waals surface area contributed by atoms with E-state index in [2.05, 4.69) is 15.5 Å². The highest BCUT2D eigenvalue weighted by Gasteiger charge is 2.08. The number of aryl methyl sites for hydroxylation is 1. The van der Waals surface area contributed by atoms with Gasteiger partial charge in [0, 0.05) is 29.9 Å². The molecule has 0 radical (unpaired) electrons. The first kappa shape index (κ1) is 16.6. The van der Waals surface area contributed by atoms with Gasteiger partial charge in [0.05, 0.1) is 5.71 Å². The van der Waals surface area contributed by atoms with E-state index in [1.54, 1.807) is 12.4 Å². The third-order valence-corrected chi connectivity index (χ3v) is 3.78. The van der Waals surface area contributed by atoms with E-state index in [4.69, 9.17) is 0 Å². The normalized spacial score (nSPS) is 11.1. The number of aromatic nitrogens is 1. The second-order valence-electron chi connectivity index (χ2n) is 5.58. The third kappa shape index (κ3) is 4.85. The minimum absolute atomic E-state index is 0.105. The Morgan fingerprint density at radius 2 is 1.44 bits per heavy atom. The summed E-state index contributed by atoms with van der Waals surface area (Å²) in [6.07, 6.45) is 4.51. The maximum absolute atomic E-state index is 12.2. The Balaban J connectivity index is 1.72. The van der Waals surface area contributed by atoms with E-state index in [1.807, 2.05) is 72.8 Å². The number of carbonyl (C=O) groups is 1. The monoisotopic (exact) mass is 329 g/mol. The van der Waals surface area contributed by atoms with Crippen LogP contribution in [0.3, 0.4) is 0 Å². The zero-order valence-electron chi connectivity index (χ0n) is 13.8. The fraction of sp³-hybridized carbons (Fsp3) is 0.0952. The average Bonchev–Trinajstić information content (AvgIpc) is 2.69. The number of carbonyl (C=O) groups excluding carboxylic acids is 1. The van der Waals surface area contributed by atoms with Crippen molar-refractivity contribution in [2.24, 2.45) is 5.10 Å². The summed E-state index contributed by atoms with van der Waals surface area (Å²) in [4.78, 5) is 16.2. The van der Waals surface area contributed by atoms with Crippen molar-refractivity contribution in [2.45, 2.75) is 12.8 Å². The summed E-state index contributed by atoms with van der Waals surface area (Å²) < 4.78 is 0. The third-order valence-electron chi connectivity index (χ3n) is 3.78. The lowest BCUT2D eigenvalue weighted by Gasteiger charge is -2.08. The summed E-state index contributed by atoms with van der Waals surface area (Å²) in [6.45, 7) is 0. The van der Waals surface area contributed by atoms with Gasteiger partial charge in [-0.15, -0.1) is 0 Å². The summed E-state index contributed by atoms with van der Waals surface area (Å²) in [5, 5.41) is 4.37. The van der Waals surface area contributed by atoms with E-state index in [-0.39, 0.29) is 5.91 Å². The average molecular weight is 329 g/mol. The molecule has 0 spiro atoms. The second kappa shape index (κ2) is 8.55. The molecule has 124 valence electrons. The predicted molar refractivity (Wildman–Crippen MR) is 99.2 cm³/mol. The molecule has 4 heteroatoms. The minimum Gasteiger partial charge on any atom is -0.273 e. The van der Waals surface area contributed by atoms with Crippen molar-refractivity contribution in [2.75, 3.05) is 0 Å². The van der Waals surface area contributed by atoms with Crippen molar-refractivity contribution < 1.29 is 4.79 Å². The first-order valence-corrected chi connectivity index (χ1v) is 8.19. The molecule has 0 aliphatic carbocycles. The highest BCUT2D eigenvalue weighted by Crippen LogP contribution is 2.10. The first-order valence-electron chi connectivity index (χ1n) is 8.19. The van der Waals surface area contributed by atoms with Crippen molar-refractivity contribution in [1.29, 1.82) is 0 Å². The van der Waals surface area contributed by atoms with Gasteiger partial charge in [-0.25, -0.2) is 5.43 Å². The molecule has 1 N–H and O–H groups in total. The molecule has 1 heterocycles. The van der Waals surface area contributed by atoms with Crippen LogP contribution in [0.1, 0.15) is 23.1 Å². The van der Waals surface area contributed by atoms with E-state index in [1.165, 1.54) is 0 Å². The molecule has 0 fully saturated rings. The smallest absolute Gasteiger partial charge is 0.240 e. The number of amides is 1. The van der Waals surface area contributed by atoms with Crippen LogP contribution in [0.15, 0.2) is 90.3 Å². The summed E-state index contributed by atoms with van der Waals surface area (Å²) in [5.41, 5.74) is 6.38. The van der Waals surface area contributed by atoms with Gasteiger partial charge in [0.2, 0.25) is 5.91 Å². The summed E-state index contributed by atoms with van der Waals surface area (Å²) in [7, 11) is 0. The topological polar surface area (TPSA) is 54.4 Å². The van der Waals surface area contributed by atoms with E-state index in [0.29, 0.717) is 12.8 Å². The molecule has 4 nitrogen and oxygen atoms in total. The lowest BCUT2D eigenvalue weighted by atomic mass is 10.0. The van der Waals surface area contributed by atoms with Gasteiger partial charge < -0.3 is 0 Å². The van der Waals surface area contributed by atoms with Crippen LogP contribution in [-0.2, 0) is 11.2 Å². The lowest BCUT2D eigenvalue weighted by Crippen LogP contribution is -2.21. The zero-order valence-corrected chi connectivity index (χ0v) is 13.8. The Morgan fingerprint density at radius 3 is 2.12 bits per heavy atom. The standard InChI is InChI=1S/C21H19N3O/c25-20(12-11-17-7-3-1-4-8-17)23-24-21(18-9-5-2-6-10-18)19-13-15-22-16-14-19/h1-10,13-16H,11-12H2,(H,23,25). The molecule has 1 aromatic heterocycles. The van der Waals surface area contributed by atoms with Gasteiger partial charge in [-0.2, -0.15) is 5.10 Å². The van der Waals surface area contributed by atoms with Crippen LogP contribution >= 0.6 is 0 Å². The van der Waals surface area contributed by atoms with Gasteiger partial charge in [0.25, 0.3) is 0 Å². The summed E-state index contributed by atoms with van der Waals surface area (Å²) in [6, 6.07) is 23.5. The molecule has 0 saturated carbocycles. The molecular weight excluding hydrogens is 310 g/mol. The van der Waals surface area contributed by atoms with Crippen LogP contribution < -0.4 is 5.43 Å². The molecular formula is C21H19N3O. The summed E-state index contributed by atoms with van der Waals surface area (Å²) in [5.74, 6) is -0.105. The van der Waals surface area contributed by atoms with Gasteiger partial charge >= 0.3 is 0 Å². The SMILES string of the molecule is O=C(CCc1ccccc1)NN=C(c1ccccc1)c1ccncc1. The molecule has 0 aliphatic rings. The minimum atomic E-state index is -0.105. The van der Waals surface area contributed by atoms with Gasteiger partial charge in [-0.1, -0.05) is 60.7 Å². The van der Waals surface area contributed by atoms with E-state index in [9.17, 15) is 4.79 Å². The summed E-state index contributed by atoms with van der Waals surface area (Å²) >= 11 is 0. The quantitative estimate of drug-likeness (QED) is 0.555. The van der Waals surface area contributed by atoms with E-state index < -0.39 is 0 Å². The number of nitrogens with zero attached hydrogens (tertiary/aromatic N) is 2. The van der Waals surface area contributed by atoms with Crippen LogP contribution in [0.4, 0.5) is 0 Å². The number of pyridine rings is 1. The number of hydrogen-bond acceptors (Lipinski definition) is 3. The van der Waals surface area contributed by atoms with Crippen molar-refractivity contribution in [1.82, 2.24) is 10.4 Å². The van der Waals surface area contributed by atoms with Crippen LogP contribution in [0.5, 0.6) is 0 Å². The number of benzene rings is 2. The zero-order chi connectivity index (χ0) is 17.3. The fourth-order valence-corrected chi connectivity index (χ4v) is 2.48.